The van der Waals surface area contributed by atoms with Gasteiger partial charge in [-0.2, -0.15) is 5.10 Å². The van der Waals surface area contributed by atoms with Gasteiger partial charge in [0.1, 0.15) is 0 Å². The Balaban J connectivity index is 1.89. The van der Waals surface area contributed by atoms with Crippen molar-refractivity contribution in [1.82, 2.24) is 15.1 Å². The molecule has 1 saturated carbocycles. The number of aryl methyl sites for hydroxylation is 2. The summed E-state index contributed by atoms with van der Waals surface area (Å²) in [5, 5.41) is 17.6. The van der Waals surface area contributed by atoms with Crippen LogP contribution in [-0.4, -0.2) is 27.0 Å². The van der Waals surface area contributed by atoms with Crippen LogP contribution >= 0.6 is 0 Å². The predicted octanol–water partition coefficient (Wildman–Crippen LogP) is 1.12. The summed E-state index contributed by atoms with van der Waals surface area (Å²) in [7, 11) is 1.94. The minimum atomic E-state index is -0.175. The molecule has 2 unspecified atom stereocenters. The normalized spacial score (nSPS) is 25.9. The summed E-state index contributed by atoms with van der Waals surface area (Å²) in [4.78, 5) is 0. The number of nitrogens with zero attached hydrogens (tertiary/aromatic N) is 2. The summed E-state index contributed by atoms with van der Waals surface area (Å²) in [6.07, 6.45) is 6.26. The SMILES string of the molecule is Cc1nn(C)cc1CNC1CCCCC1O. The Morgan fingerprint density at radius 3 is 2.88 bits per heavy atom. The molecule has 1 heterocycles. The highest BCUT2D eigenvalue weighted by Crippen LogP contribution is 2.18. The molecular formula is C12H21N3O. The topological polar surface area (TPSA) is 50.1 Å². The molecule has 1 aliphatic rings. The van der Waals surface area contributed by atoms with Crippen molar-refractivity contribution in [2.45, 2.75) is 51.3 Å². The molecule has 2 N–H and O–H groups in total. The van der Waals surface area contributed by atoms with E-state index in [2.05, 4.69) is 10.4 Å². The van der Waals surface area contributed by atoms with Gasteiger partial charge in [-0.05, 0) is 19.8 Å². The van der Waals surface area contributed by atoms with Gasteiger partial charge in [0.05, 0.1) is 11.8 Å². The summed E-state index contributed by atoms with van der Waals surface area (Å²) in [6.45, 7) is 2.83. The van der Waals surface area contributed by atoms with Crippen molar-refractivity contribution in [3.8, 4) is 0 Å². The van der Waals surface area contributed by atoms with E-state index >= 15 is 0 Å². The van der Waals surface area contributed by atoms with Gasteiger partial charge in [-0.15, -0.1) is 0 Å². The summed E-state index contributed by atoms with van der Waals surface area (Å²) in [5.74, 6) is 0. The number of hydrogen-bond acceptors (Lipinski definition) is 3. The van der Waals surface area contributed by atoms with Crippen molar-refractivity contribution in [3.63, 3.8) is 0 Å². The van der Waals surface area contributed by atoms with E-state index in [-0.39, 0.29) is 12.1 Å². The Morgan fingerprint density at radius 1 is 1.50 bits per heavy atom. The Morgan fingerprint density at radius 2 is 2.25 bits per heavy atom. The second kappa shape index (κ2) is 4.97. The number of aromatic nitrogens is 2. The molecule has 2 rings (SSSR count). The van der Waals surface area contributed by atoms with Gasteiger partial charge in [-0.1, -0.05) is 12.8 Å². The lowest BCUT2D eigenvalue weighted by atomic mass is 9.92. The molecule has 4 heteroatoms. The van der Waals surface area contributed by atoms with Crippen molar-refractivity contribution in [2.75, 3.05) is 0 Å². The highest BCUT2D eigenvalue weighted by molar-refractivity contribution is 5.15. The first-order valence-electron chi connectivity index (χ1n) is 6.07. The van der Waals surface area contributed by atoms with E-state index in [9.17, 15) is 5.11 Å². The second-order valence-corrected chi connectivity index (χ2v) is 4.75. The first kappa shape index (κ1) is 11.6. The molecule has 4 nitrogen and oxygen atoms in total. The van der Waals surface area contributed by atoms with Gasteiger partial charge in [0.25, 0.3) is 0 Å². The highest BCUT2D eigenvalue weighted by Gasteiger charge is 2.22. The summed E-state index contributed by atoms with van der Waals surface area (Å²) >= 11 is 0. The molecule has 90 valence electrons. The van der Waals surface area contributed by atoms with Gasteiger partial charge >= 0.3 is 0 Å². The molecule has 0 bridgehead atoms. The molecule has 1 aliphatic carbocycles. The number of aliphatic hydroxyl groups excluding tert-OH is 1. The van der Waals surface area contributed by atoms with Crippen LogP contribution in [0.25, 0.3) is 0 Å². The molecular weight excluding hydrogens is 202 g/mol. The smallest absolute Gasteiger partial charge is 0.0693 e. The molecule has 0 radical (unpaired) electrons. The van der Waals surface area contributed by atoms with Crippen molar-refractivity contribution in [1.29, 1.82) is 0 Å². The van der Waals surface area contributed by atoms with Crippen LogP contribution in [0, 0.1) is 6.92 Å². The third-order valence-electron chi connectivity index (χ3n) is 3.40. The zero-order valence-electron chi connectivity index (χ0n) is 10.1. The quantitative estimate of drug-likeness (QED) is 0.807. The maximum Gasteiger partial charge on any atom is 0.0693 e. The summed E-state index contributed by atoms with van der Waals surface area (Å²) in [6, 6.07) is 0.258. The second-order valence-electron chi connectivity index (χ2n) is 4.75. The standard InChI is InChI=1S/C12H21N3O/c1-9-10(8-15(2)14-9)7-13-11-5-3-4-6-12(11)16/h8,11-13,16H,3-7H2,1-2H3. The summed E-state index contributed by atoms with van der Waals surface area (Å²) in [5.41, 5.74) is 2.29. The minimum Gasteiger partial charge on any atom is -0.392 e. The maximum absolute atomic E-state index is 9.84. The van der Waals surface area contributed by atoms with Gasteiger partial charge in [0, 0.05) is 31.4 Å². The largest absolute Gasteiger partial charge is 0.392 e. The monoisotopic (exact) mass is 223 g/mol. The fraction of sp³-hybridized carbons (Fsp3) is 0.750. The van der Waals surface area contributed by atoms with Gasteiger partial charge in [-0.3, -0.25) is 4.68 Å². The average Bonchev–Trinajstić information content (AvgIpc) is 2.56. The van der Waals surface area contributed by atoms with Crippen molar-refractivity contribution in [3.05, 3.63) is 17.5 Å². The van der Waals surface area contributed by atoms with E-state index in [0.29, 0.717) is 0 Å². The Labute approximate surface area is 96.7 Å². The van der Waals surface area contributed by atoms with Crippen LogP contribution in [0.1, 0.15) is 36.9 Å². The fourth-order valence-corrected chi connectivity index (χ4v) is 2.41. The van der Waals surface area contributed by atoms with Crippen LogP contribution in [0.3, 0.4) is 0 Å². The third-order valence-corrected chi connectivity index (χ3v) is 3.40. The third kappa shape index (κ3) is 2.62. The van der Waals surface area contributed by atoms with Crippen molar-refractivity contribution in [2.24, 2.45) is 7.05 Å². The Bertz CT molecular complexity index is 348. The van der Waals surface area contributed by atoms with E-state index in [4.69, 9.17) is 0 Å². The number of hydrogen-bond donors (Lipinski definition) is 2. The van der Waals surface area contributed by atoms with Crippen LogP contribution in [0.4, 0.5) is 0 Å². The van der Waals surface area contributed by atoms with Gasteiger partial charge < -0.3 is 10.4 Å². The molecule has 0 aliphatic heterocycles. The zero-order valence-corrected chi connectivity index (χ0v) is 10.1. The molecule has 0 spiro atoms. The van der Waals surface area contributed by atoms with Gasteiger partial charge in [0.15, 0.2) is 0 Å². The lowest BCUT2D eigenvalue weighted by molar-refractivity contribution is 0.0902. The first-order chi connectivity index (χ1) is 7.66. The zero-order chi connectivity index (χ0) is 11.5. The van der Waals surface area contributed by atoms with Crippen LogP contribution in [0.5, 0.6) is 0 Å². The maximum atomic E-state index is 9.84. The molecule has 0 saturated heterocycles. The Kier molecular flexibility index (Phi) is 3.61. The predicted molar refractivity (Wildman–Crippen MR) is 63.0 cm³/mol. The van der Waals surface area contributed by atoms with Crippen LogP contribution in [0.15, 0.2) is 6.20 Å². The lowest BCUT2D eigenvalue weighted by Gasteiger charge is -2.28. The molecule has 0 amide bonds. The van der Waals surface area contributed by atoms with Crippen LogP contribution in [-0.2, 0) is 13.6 Å². The molecule has 1 aromatic rings. The number of rotatable bonds is 3. The van der Waals surface area contributed by atoms with Gasteiger partial charge in [-0.25, -0.2) is 0 Å². The van der Waals surface area contributed by atoms with E-state index in [1.807, 2.05) is 24.9 Å². The highest BCUT2D eigenvalue weighted by atomic mass is 16.3. The van der Waals surface area contributed by atoms with Crippen LogP contribution < -0.4 is 5.32 Å². The first-order valence-corrected chi connectivity index (χ1v) is 6.07. The fourth-order valence-electron chi connectivity index (χ4n) is 2.41. The number of aliphatic hydroxyl groups is 1. The molecule has 0 aromatic carbocycles. The number of nitrogens with one attached hydrogen (secondary N) is 1. The lowest BCUT2D eigenvalue weighted by Crippen LogP contribution is -2.41. The molecule has 1 fully saturated rings. The van der Waals surface area contributed by atoms with E-state index in [1.54, 1.807) is 0 Å². The van der Waals surface area contributed by atoms with Crippen molar-refractivity contribution < 1.29 is 5.11 Å². The molecule has 16 heavy (non-hydrogen) atoms. The molecule has 1 aromatic heterocycles. The van der Waals surface area contributed by atoms with E-state index in [0.717, 1.165) is 31.5 Å². The van der Waals surface area contributed by atoms with Crippen LogP contribution in [0.2, 0.25) is 0 Å². The van der Waals surface area contributed by atoms with Gasteiger partial charge in [0.2, 0.25) is 0 Å². The summed E-state index contributed by atoms with van der Waals surface area (Å²) < 4.78 is 1.84. The molecule has 2 atom stereocenters. The average molecular weight is 223 g/mol. The minimum absolute atomic E-state index is 0.175. The van der Waals surface area contributed by atoms with E-state index in [1.165, 1.54) is 12.0 Å². The van der Waals surface area contributed by atoms with Crippen molar-refractivity contribution >= 4 is 0 Å². The van der Waals surface area contributed by atoms with E-state index < -0.39 is 0 Å². The Hall–Kier alpha value is -0.870.